The number of aryl methyl sites for hydroxylation is 1. The van der Waals surface area contributed by atoms with E-state index in [-0.39, 0.29) is 11.8 Å². The summed E-state index contributed by atoms with van der Waals surface area (Å²) in [5.41, 5.74) is 4.30. The average molecular weight is 491 g/mol. The molecule has 0 bridgehead atoms. The molecule has 0 aliphatic heterocycles. The van der Waals surface area contributed by atoms with Crippen molar-refractivity contribution in [3.05, 3.63) is 106 Å². The smallest absolute Gasteiger partial charge is 0.243 e. The van der Waals surface area contributed by atoms with Gasteiger partial charge in [0.15, 0.2) is 0 Å². The third kappa shape index (κ3) is 7.97. The van der Waals surface area contributed by atoms with E-state index in [0.717, 1.165) is 16.7 Å². The van der Waals surface area contributed by atoms with Gasteiger partial charge in [-0.15, -0.1) is 0 Å². The van der Waals surface area contributed by atoms with Crippen molar-refractivity contribution < 1.29 is 9.59 Å². The minimum Gasteiger partial charge on any atom is -0.355 e. The molecule has 2 amide bonds. The third-order valence-electron chi connectivity index (χ3n) is 6.14. The minimum absolute atomic E-state index is 0.0508. The highest BCUT2D eigenvalue weighted by Gasteiger charge is 2.30. The molecule has 1 unspecified atom stereocenters. The van der Waals surface area contributed by atoms with Crippen molar-refractivity contribution in [2.24, 2.45) is 0 Å². The number of nitrogens with zero attached hydrogens (tertiary/aromatic N) is 1. The number of carbonyl (C=O) groups excluding carboxylic acids is 2. The Morgan fingerprint density at radius 1 is 0.886 bits per heavy atom. The molecule has 3 aromatic carbocycles. The summed E-state index contributed by atoms with van der Waals surface area (Å²) in [5.74, 6) is 0.271. The molecule has 0 heterocycles. The van der Waals surface area contributed by atoms with Gasteiger partial charge in [0.25, 0.3) is 0 Å². The SMILES string of the molecule is CCNC(=O)C(Cc1ccccc1)N(Cc1cccc(Cl)c1)C(=O)CCc1ccc(C(C)C)cc1. The monoisotopic (exact) mass is 490 g/mol. The fraction of sp³-hybridized carbons (Fsp3) is 0.333. The molecule has 3 rings (SSSR count). The Bertz CT molecular complexity index is 1100. The lowest BCUT2D eigenvalue weighted by Crippen LogP contribution is -2.50. The number of amides is 2. The second-order valence-corrected chi connectivity index (χ2v) is 9.58. The maximum Gasteiger partial charge on any atom is 0.243 e. The first-order valence-electron chi connectivity index (χ1n) is 12.3. The second-order valence-electron chi connectivity index (χ2n) is 9.15. The summed E-state index contributed by atoms with van der Waals surface area (Å²) in [6.07, 6.45) is 1.39. The van der Waals surface area contributed by atoms with Crippen molar-refractivity contribution in [3.63, 3.8) is 0 Å². The van der Waals surface area contributed by atoms with Crippen LogP contribution in [0.2, 0.25) is 5.02 Å². The quantitative estimate of drug-likeness (QED) is 0.349. The van der Waals surface area contributed by atoms with Crippen molar-refractivity contribution in [2.75, 3.05) is 6.54 Å². The maximum absolute atomic E-state index is 13.6. The van der Waals surface area contributed by atoms with E-state index in [1.54, 1.807) is 4.90 Å². The fourth-order valence-corrected chi connectivity index (χ4v) is 4.35. The molecule has 184 valence electrons. The third-order valence-corrected chi connectivity index (χ3v) is 6.37. The maximum atomic E-state index is 13.6. The molecule has 35 heavy (non-hydrogen) atoms. The first-order valence-corrected chi connectivity index (χ1v) is 12.7. The zero-order chi connectivity index (χ0) is 25.2. The normalized spacial score (nSPS) is 11.8. The highest BCUT2D eigenvalue weighted by atomic mass is 35.5. The van der Waals surface area contributed by atoms with Gasteiger partial charge in [-0.3, -0.25) is 9.59 Å². The van der Waals surface area contributed by atoms with E-state index in [2.05, 4.69) is 43.4 Å². The van der Waals surface area contributed by atoms with Crippen molar-refractivity contribution in [1.82, 2.24) is 10.2 Å². The number of nitrogens with one attached hydrogen (secondary N) is 1. The molecule has 1 N–H and O–H groups in total. The lowest BCUT2D eigenvalue weighted by atomic mass is 9.99. The van der Waals surface area contributed by atoms with Gasteiger partial charge in [-0.1, -0.05) is 92.2 Å². The molecule has 0 aromatic heterocycles. The van der Waals surface area contributed by atoms with Crippen LogP contribution in [-0.2, 0) is 29.0 Å². The van der Waals surface area contributed by atoms with Crippen LogP contribution >= 0.6 is 11.6 Å². The van der Waals surface area contributed by atoms with E-state index >= 15 is 0 Å². The predicted octanol–water partition coefficient (Wildman–Crippen LogP) is 6.17. The summed E-state index contributed by atoms with van der Waals surface area (Å²) in [6, 6.07) is 25.1. The van der Waals surface area contributed by atoms with E-state index in [1.165, 1.54) is 5.56 Å². The topological polar surface area (TPSA) is 49.4 Å². The summed E-state index contributed by atoms with van der Waals surface area (Å²) in [7, 11) is 0. The number of rotatable bonds is 11. The van der Waals surface area contributed by atoms with Crippen LogP contribution in [0.1, 0.15) is 55.4 Å². The molecule has 0 saturated heterocycles. The number of benzene rings is 3. The molecular formula is C30H35ClN2O2. The average Bonchev–Trinajstić information content (AvgIpc) is 2.85. The van der Waals surface area contributed by atoms with Gasteiger partial charge in [-0.25, -0.2) is 0 Å². The summed E-state index contributed by atoms with van der Waals surface area (Å²) < 4.78 is 0. The lowest BCUT2D eigenvalue weighted by molar-refractivity contribution is -0.141. The van der Waals surface area contributed by atoms with Crippen LogP contribution in [0.15, 0.2) is 78.9 Å². The first kappa shape index (κ1) is 26.5. The standard InChI is InChI=1S/C30H35ClN2O2/c1-4-32-30(35)28(20-24-9-6-5-7-10-24)33(21-25-11-8-12-27(31)19-25)29(34)18-15-23-13-16-26(17-14-23)22(2)3/h5-14,16-17,19,22,28H,4,15,18,20-21H2,1-3H3,(H,32,35). The second kappa shape index (κ2) is 13.1. The van der Waals surface area contributed by atoms with Gasteiger partial charge in [-0.05, 0) is 53.6 Å². The van der Waals surface area contributed by atoms with Crippen LogP contribution in [-0.4, -0.2) is 29.3 Å². The number of likely N-dealkylation sites (N-methyl/N-ethyl adjacent to an activating group) is 1. The van der Waals surface area contributed by atoms with Gasteiger partial charge < -0.3 is 10.2 Å². The first-order chi connectivity index (χ1) is 16.9. The predicted molar refractivity (Wildman–Crippen MR) is 143 cm³/mol. The van der Waals surface area contributed by atoms with Gasteiger partial charge >= 0.3 is 0 Å². The van der Waals surface area contributed by atoms with E-state index in [4.69, 9.17) is 11.6 Å². The molecule has 3 aromatic rings. The molecular weight excluding hydrogens is 456 g/mol. The molecule has 5 heteroatoms. The van der Waals surface area contributed by atoms with Gasteiger partial charge in [0.2, 0.25) is 11.8 Å². The van der Waals surface area contributed by atoms with Crippen LogP contribution < -0.4 is 5.32 Å². The Labute approximate surface area is 214 Å². The molecule has 1 atom stereocenters. The van der Waals surface area contributed by atoms with Gasteiger partial charge in [0.05, 0.1) is 0 Å². The molecule has 0 aliphatic carbocycles. The summed E-state index contributed by atoms with van der Waals surface area (Å²) in [4.78, 5) is 28.5. The summed E-state index contributed by atoms with van der Waals surface area (Å²) in [5, 5.41) is 3.54. The lowest BCUT2D eigenvalue weighted by Gasteiger charge is -2.31. The zero-order valence-corrected chi connectivity index (χ0v) is 21.6. The van der Waals surface area contributed by atoms with E-state index < -0.39 is 6.04 Å². The Morgan fingerprint density at radius 2 is 1.57 bits per heavy atom. The van der Waals surface area contributed by atoms with Crippen molar-refractivity contribution in [3.8, 4) is 0 Å². The largest absolute Gasteiger partial charge is 0.355 e. The van der Waals surface area contributed by atoms with Gasteiger partial charge in [-0.2, -0.15) is 0 Å². The fourth-order valence-electron chi connectivity index (χ4n) is 4.14. The van der Waals surface area contributed by atoms with E-state index in [9.17, 15) is 9.59 Å². The van der Waals surface area contributed by atoms with Crippen LogP contribution in [0.4, 0.5) is 0 Å². The Hall–Kier alpha value is -3.11. The minimum atomic E-state index is -0.618. The number of halogens is 1. The Kier molecular flexibility index (Phi) is 9.92. The Balaban J connectivity index is 1.86. The molecule has 0 spiro atoms. The molecule has 0 aliphatic rings. The number of hydrogen-bond donors (Lipinski definition) is 1. The van der Waals surface area contributed by atoms with Crippen LogP contribution in [0, 0.1) is 0 Å². The van der Waals surface area contributed by atoms with Crippen LogP contribution in [0.25, 0.3) is 0 Å². The summed E-state index contributed by atoms with van der Waals surface area (Å²) in [6.45, 7) is 7.05. The van der Waals surface area contributed by atoms with E-state index in [0.29, 0.717) is 43.3 Å². The van der Waals surface area contributed by atoms with Crippen molar-refractivity contribution >= 4 is 23.4 Å². The molecule has 0 saturated carbocycles. The highest BCUT2D eigenvalue weighted by Crippen LogP contribution is 2.20. The highest BCUT2D eigenvalue weighted by molar-refractivity contribution is 6.30. The zero-order valence-electron chi connectivity index (χ0n) is 20.8. The van der Waals surface area contributed by atoms with Crippen LogP contribution in [0.3, 0.4) is 0 Å². The number of hydrogen-bond acceptors (Lipinski definition) is 2. The van der Waals surface area contributed by atoms with Crippen LogP contribution in [0.5, 0.6) is 0 Å². The number of carbonyl (C=O) groups is 2. The van der Waals surface area contributed by atoms with Crippen molar-refractivity contribution in [2.45, 2.75) is 58.5 Å². The molecule has 0 radical (unpaired) electrons. The van der Waals surface area contributed by atoms with Crippen molar-refractivity contribution in [1.29, 1.82) is 0 Å². The van der Waals surface area contributed by atoms with Gasteiger partial charge in [0, 0.05) is 31.0 Å². The summed E-state index contributed by atoms with van der Waals surface area (Å²) >= 11 is 6.22. The van der Waals surface area contributed by atoms with Gasteiger partial charge in [0.1, 0.15) is 6.04 Å². The van der Waals surface area contributed by atoms with E-state index in [1.807, 2.05) is 61.5 Å². The molecule has 0 fully saturated rings. The molecule has 4 nitrogen and oxygen atoms in total. The Morgan fingerprint density at radius 3 is 2.20 bits per heavy atom.